The maximum atomic E-state index is 11.7. The van der Waals surface area contributed by atoms with Crippen LogP contribution in [0.25, 0.3) is 0 Å². The first-order valence-electron chi connectivity index (χ1n) is 5.37. The molecule has 0 heterocycles. The second-order valence-corrected chi connectivity index (χ2v) is 5.53. The van der Waals surface area contributed by atoms with Gasteiger partial charge >= 0.3 is 0 Å². The summed E-state index contributed by atoms with van der Waals surface area (Å²) >= 11 is 0. The summed E-state index contributed by atoms with van der Waals surface area (Å²) in [7, 11) is -0.433. The van der Waals surface area contributed by atoms with Crippen LogP contribution in [0.15, 0.2) is 12.1 Å². The summed E-state index contributed by atoms with van der Waals surface area (Å²) in [5.41, 5.74) is 6.35. The maximum Gasteiger partial charge on any atom is 0.234 e. The Hall–Kier alpha value is -1.47. The molecule has 1 aromatic carbocycles. The molecule has 0 fully saturated rings. The number of sulfonamides is 1. The van der Waals surface area contributed by atoms with Gasteiger partial charge in [-0.1, -0.05) is 0 Å². The molecule has 0 bridgehead atoms. The van der Waals surface area contributed by atoms with E-state index in [2.05, 4.69) is 4.72 Å². The smallest absolute Gasteiger partial charge is 0.234 e. The number of benzene rings is 1. The molecule has 1 aromatic rings. The molecule has 18 heavy (non-hydrogen) atoms. The van der Waals surface area contributed by atoms with Crippen LogP contribution in [-0.4, -0.2) is 34.9 Å². The van der Waals surface area contributed by atoms with Crippen LogP contribution in [0.4, 0.5) is 5.69 Å². The van der Waals surface area contributed by atoms with Crippen LogP contribution >= 0.6 is 0 Å². The molecule has 0 atom stereocenters. The Morgan fingerprint density at radius 1 is 1.28 bits per heavy atom. The molecule has 1 rings (SSSR count). The molecule has 102 valence electrons. The second kappa shape index (κ2) is 5.92. The Morgan fingerprint density at radius 3 is 2.44 bits per heavy atom. The third-order valence-electron chi connectivity index (χ3n) is 2.43. The Morgan fingerprint density at radius 2 is 1.94 bits per heavy atom. The van der Waals surface area contributed by atoms with Crippen LogP contribution in [0.5, 0.6) is 11.5 Å². The van der Waals surface area contributed by atoms with Crippen molar-refractivity contribution in [3.05, 3.63) is 17.7 Å². The van der Waals surface area contributed by atoms with E-state index in [4.69, 9.17) is 15.2 Å². The lowest BCUT2D eigenvalue weighted by Gasteiger charge is -2.15. The Bertz CT molecular complexity index is 514. The minimum absolute atomic E-state index is 0.0623. The second-order valence-electron chi connectivity index (χ2n) is 3.68. The van der Waals surface area contributed by atoms with Gasteiger partial charge in [0.05, 0.1) is 25.7 Å². The summed E-state index contributed by atoms with van der Waals surface area (Å²) in [4.78, 5) is 0. The fourth-order valence-electron chi connectivity index (χ4n) is 1.61. The van der Waals surface area contributed by atoms with Crippen molar-refractivity contribution >= 4 is 15.7 Å². The van der Waals surface area contributed by atoms with Crippen molar-refractivity contribution in [3.8, 4) is 11.5 Å². The third-order valence-corrected chi connectivity index (χ3v) is 3.74. The highest BCUT2D eigenvalue weighted by molar-refractivity contribution is 7.92. The van der Waals surface area contributed by atoms with Crippen molar-refractivity contribution in [2.75, 3.05) is 31.2 Å². The van der Waals surface area contributed by atoms with Gasteiger partial charge in [-0.05, 0) is 19.1 Å². The number of hydrogen-bond donors (Lipinski definition) is 2. The van der Waals surface area contributed by atoms with Crippen LogP contribution < -0.4 is 19.9 Å². The van der Waals surface area contributed by atoms with Gasteiger partial charge in [0.1, 0.15) is 11.5 Å². The van der Waals surface area contributed by atoms with Crippen LogP contribution in [0.2, 0.25) is 0 Å². The van der Waals surface area contributed by atoms with E-state index in [1.165, 1.54) is 7.11 Å². The maximum absolute atomic E-state index is 11.7. The number of nitrogens with two attached hydrogens (primary N) is 1. The fraction of sp³-hybridized carbons (Fsp3) is 0.455. The number of methoxy groups -OCH3 is 2. The largest absolute Gasteiger partial charge is 0.496 e. The van der Waals surface area contributed by atoms with Gasteiger partial charge in [-0.3, -0.25) is 4.72 Å². The quantitative estimate of drug-likeness (QED) is 0.797. The molecule has 0 amide bonds. The lowest BCUT2D eigenvalue weighted by molar-refractivity contribution is 0.390. The van der Waals surface area contributed by atoms with Crippen molar-refractivity contribution in [2.24, 2.45) is 5.73 Å². The minimum Gasteiger partial charge on any atom is -0.496 e. The van der Waals surface area contributed by atoms with E-state index in [1.807, 2.05) is 0 Å². The lowest BCUT2D eigenvalue weighted by atomic mass is 10.2. The first kappa shape index (κ1) is 14.6. The van der Waals surface area contributed by atoms with Gasteiger partial charge in [-0.25, -0.2) is 8.42 Å². The Balaban J connectivity index is 3.14. The normalized spacial score (nSPS) is 11.1. The van der Waals surface area contributed by atoms with Crippen molar-refractivity contribution in [2.45, 2.75) is 6.92 Å². The average Bonchev–Trinajstić information content (AvgIpc) is 2.29. The van der Waals surface area contributed by atoms with Crippen molar-refractivity contribution in [1.29, 1.82) is 0 Å². The van der Waals surface area contributed by atoms with Gasteiger partial charge in [-0.15, -0.1) is 0 Å². The fourth-order valence-corrected chi connectivity index (χ4v) is 2.52. The molecular weight excluding hydrogens is 256 g/mol. The molecule has 0 spiro atoms. The molecule has 3 N–H and O–H groups in total. The predicted molar refractivity (Wildman–Crippen MR) is 70.7 cm³/mol. The van der Waals surface area contributed by atoms with E-state index < -0.39 is 10.0 Å². The van der Waals surface area contributed by atoms with Crippen LogP contribution in [0.3, 0.4) is 0 Å². The van der Waals surface area contributed by atoms with E-state index in [0.29, 0.717) is 17.2 Å². The van der Waals surface area contributed by atoms with Gasteiger partial charge in [0.2, 0.25) is 10.0 Å². The average molecular weight is 274 g/mol. The van der Waals surface area contributed by atoms with E-state index in [1.54, 1.807) is 26.2 Å². The molecule has 0 aliphatic carbocycles. The topological polar surface area (TPSA) is 90.7 Å². The standard InChI is InChI=1S/C11H18N2O4S/c1-8-10(16-2)5-4-9(11(8)17-3)13-18(14,15)7-6-12/h4-5,13H,6-7,12H2,1-3H3. The molecule has 0 aliphatic rings. The van der Waals surface area contributed by atoms with Gasteiger partial charge < -0.3 is 15.2 Å². The van der Waals surface area contributed by atoms with Gasteiger partial charge in [-0.2, -0.15) is 0 Å². The molecule has 0 aliphatic heterocycles. The third kappa shape index (κ3) is 3.27. The van der Waals surface area contributed by atoms with Gasteiger partial charge in [0, 0.05) is 12.1 Å². The molecule has 0 unspecified atom stereocenters. The van der Waals surface area contributed by atoms with Crippen LogP contribution in [-0.2, 0) is 10.0 Å². The summed E-state index contributed by atoms with van der Waals surface area (Å²) in [6.07, 6.45) is 0. The highest BCUT2D eigenvalue weighted by atomic mass is 32.2. The van der Waals surface area contributed by atoms with E-state index in [0.717, 1.165) is 5.56 Å². The van der Waals surface area contributed by atoms with Gasteiger partial charge in [0.25, 0.3) is 0 Å². The first-order chi connectivity index (χ1) is 8.45. The Labute approximate surface area is 107 Å². The number of nitrogens with one attached hydrogen (secondary N) is 1. The number of rotatable bonds is 6. The monoisotopic (exact) mass is 274 g/mol. The lowest BCUT2D eigenvalue weighted by Crippen LogP contribution is -2.22. The van der Waals surface area contributed by atoms with E-state index in [-0.39, 0.29) is 12.3 Å². The van der Waals surface area contributed by atoms with Crippen molar-refractivity contribution < 1.29 is 17.9 Å². The molecule has 0 saturated carbocycles. The zero-order valence-electron chi connectivity index (χ0n) is 10.7. The molecular formula is C11H18N2O4S. The predicted octanol–water partition coefficient (Wildman–Crippen LogP) is 0.713. The van der Waals surface area contributed by atoms with E-state index >= 15 is 0 Å². The molecule has 0 saturated heterocycles. The van der Waals surface area contributed by atoms with Crippen LogP contribution in [0, 0.1) is 6.92 Å². The summed E-state index contributed by atoms with van der Waals surface area (Å²) in [6, 6.07) is 3.27. The van der Waals surface area contributed by atoms with Gasteiger partial charge in [0.15, 0.2) is 0 Å². The summed E-state index contributed by atoms with van der Waals surface area (Å²) < 4.78 is 36.1. The summed E-state index contributed by atoms with van der Waals surface area (Å²) in [5.74, 6) is 0.935. The number of ether oxygens (including phenoxy) is 2. The summed E-state index contributed by atoms with van der Waals surface area (Å²) in [6.45, 7) is 1.85. The number of hydrogen-bond acceptors (Lipinski definition) is 5. The molecule has 7 heteroatoms. The van der Waals surface area contributed by atoms with Crippen molar-refractivity contribution in [1.82, 2.24) is 0 Å². The molecule has 0 aromatic heterocycles. The number of anilines is 1. The molecule has 0 radical (unpaired) electrons. The van der Waals surface area contributed by atoms with Crippen LogP contribution in [0.1, 0.15) is 5.56 Å². The SMILES string of the molecule is COc1ccc(NS(=O)(=O)CCN)c(OC)c1C. The Kier molecular flexibility index (Phi) is 4.80. The zero-order valence-corrected chi connectivity index (χ0v) is 11.5. The van der Waals surface area contributed by atoms with Crippen molar-refractivity contribution in [3.63, 3.8) is 0 Å². The first-order valence-corrected chi connectivity index (χ1v) is 7.02. The van der Waals surface area contributed by atoms with E-state index in [9.17, 15) is 8.42 Å². The molecule has 6 nitrogen and oxygen atoms in total. The zero-order chi connectivity index (χ0) is 13.8. The minimum atomic E-state index is -3.45. The highest BCUT2D eigenvalue weighted by Gasteiger charge is 2.16. The summed E-state index contributed by atoms with van der Waals surface area (Å²) in [5, 5.41) is 0. The highest BCUT2D eigenvalue weighted by Crippen LogP contribution is 2.35.